The van der Waals surface area contributed by atoms with Crippen LogP contribution in [0.25, 0.3) is 0 Å². The molecule has 3 N–H and O–H groups in total. The average molecular weight is 593 g/mol. The summed E-state index contributed by atoms with van der Waals surface area (Å²) in [6.07, 6.45) is 1.18. The van der Waals surface area contributed by atoms with Crippen molar-refractivity contribution in [2.45, 2.75) is 41.8 Å². The number of fused-ring (bicyclic) bond motifs is 1. The number of hydrogen-bond donors (Lipinski definition) is 3. The van der Waals surface area contributed by atoms with Crippen molar-refractivity contribution in [2.75, 3.05) is 51.3 Å². The first-order chi connectivity index (χ1) is 20.4. The Morgan fingerprint density at radius 1 is 1.07 bits per heavy atom. The van der Waals surface area contributed by atoms with Crippen molar-refractivity contribution >= 4 is 35.2 Å². The summed E-state index contributed by atoms with van der Waals surface area (Å²) in [6, 6.07) is 17.7. The molecule has 224 valence electrons. The monoisotopic (exact) mass is 592 g/mol. The zero-order chi connectivity index (χ0) is 29.3. The van der Waals surface area contributed by atoms with Crippen molar-refractivity contribution in [1.82, 2.24) is 15.1 Å². The van der Waals surface area contributed by atoms with Gasteiger partial charge in [0.05, 0.1) is 42.4 Å². The number of aliphatic hydroxyl groups excluding tert-OH is 1. The fourth-order valence-electron chi connectivity index (χ4n) is 7.59. The molecule has 6 rings (SSSR count). The van der Waals surface area contributed by atoms with Crippen molar-refractivity contribution in [1.29, 1.82) is 0 Å². The molecule has 7 atom stereocenters. The predicted octanol–water partition coefficient (Wildman–Crippen LogP) is 2.01. The Kier molecular flexibility index (Phi) is 8.58. The normalized spacial score (nSPS) is 31.1. The lowest BCUT2D eigenvalue weighted by Gasteiger charge is -2.40. The van der Waals surface area contributed by atoms with Gasteiger partial charge in [-0.1, -0.05) is 55.5 Å². The van der Waals surface area contributed by atoms with E-state index in [1.165, 1.54) is 0 Å². The number of rotatable bonds is 10. The third-order valence-electron chi connectivity index (χ3n) is 9.53. The molecule has 0 aromatic heterocycles. The summed E-state index contributed by atoms with van der Waals surface area (Å²) >= 11 is 1.65. The van der Waals surface area contributed by atoms with E-state index >= 15 is 0 Å². The van der Waals surface area contributed by atoms with Crippen LogP contribution in [0.4, 0.5) is 5.69 Å². The SMILES string of the molecule is CC1C[C@@H]2SC13C(C(=O)NCCN1CCOCC1)N([C@@H](CO)Cc1ccccc1)C(=O)[C@@H]3[C@@H]2C(=O)Nc1ccccc1. The molecule has 10 heteroatoms. The number of nitrogens with one attached hydrogen (secondary N) is 2. The van der Waals surface area contributed by atoms with Gasteiger partial charge in [0.1, 0.15) is 6.04 Å². The molecule has 4 fully saturated rings. The van der Waals surface area contributed by atoms with Gasteiger partial charge < -0.3 is 25.4 Å². The van der Waals surface area contributed by atoms with Crippen molar-refractivity contribution in [3.8, 4) is 0 Å². The van der Waals surface area contributed by atoms with Gasteiger partial charge >= 0.3 is 0 Å². The Morgan fingerprint density at radius 2 is 1.76 bits per heavy atom. The number of hydrogen-bond acceptors (Lipinski definition) is 7. The highest BCUT2D eigenvalue weighted by molar-refractivity contribution is 8.02. The molecule has 0 saturated carbocycles. The van der Waals surface area contributed by atoms with Gasteiger partial charge in [-0.25, -0.2) is 0 Å². The summed E-state index contributed by atoms with van der Waals surface area (Å²) in [5.74, 6) is -1.72. The number of carbonyl (C=O) groups is 3. The maximum Gasteiger partial charge on any atom is 0.244 e. The molecule has 42 heavy (non-hydrogen) atoms. The van der Waals surface area contributed by atoms with Crippen LogP contribution in [0.15, 0.2) is 60.7 Å². The largest absolute Gasteiger partial charge is 0.394 e. The lowest BCUT2D eigenvalue weighted by Crippen LogP contribution is -2.59. The van der Waals surface area contributed by atoms with Crippen LogP contribution in [-0.4, -0.2) is 101 Å². The van der Waals surface area contributed by atoms with Crippen LogP contribution in [0, 0.1) is 17.8 Å². The van der Waals surface area contributed by atoms with E-state index < -0.39 is 28.7 Å². The molecule has 3 unspecified atom stereocenters. The maximum absolute atomic E-state index is 14.5. The molecule has 9 nitrogen and oxygen atoms in total. The number of ether oxygens (including phenoxy) is 1. The van der Waals surface area contributed by atoms with Crippen LogP contribution in [0.3, 0.4) is 0 Å². The summed E-state index contributed by atoms with van der Waals surface area (Å²) in [6.45, 7) is 6.02. The van der Waals surface area contributed by atoms with E-state index in [1.54, 1.807) is 16.7 Å². The number of nitrogens with zero attached hydrogens (tertiary/aromatic N) is 2. The van der Waals surface area contributed by atoms with Crippen molar-refractivity contribution in [3.63, 3.8) is 0 Å². The highest BCUT2D eigenvalue weighted by Gasteiger charge is 2.76. The number of carbonyl (C=O) groups excluding carboxylic acids is 3. The molecule has 1 spiro atoms. The number of likely N-dealkylation sites (tertiary alicyclic amines) is 1. The van der Waals surface area contributed by atoms with E-state index in [-0.39, 0.29) is 35.5 Å². The van der Waals surface area contributed by atoms with Gasteiger partial charge in [0.25, 0.3) is 0 Å². The van der Waals surface area contributed by atoms with Crippen LogP contribution < -0.4 is 10.6 Å². The minimum absolute atomic E-state index is 0.0508. The van der Waals surface area contributed by atoms with Gasteiger partial charge in [0.2, 0.25) is 17.7 Å². The molecule has 2 aromatic carbocycles. The number of morpholine rings is 1. The Morgan fingerprint density at radius 3 is 2.45 bits per heavy atom. The number of anilines is 1. The molecule has 4 saturated heterocycles. The summed E-state index contributed by atoms with van der Waals surface area (Å²) in [4.78, 5) is 46.4. The maximum atomic E-state index is 14.5. The quantitative estimate of drug-likeness (QED) is 0.387. The lowest BCUT2D eigenvalue weighted by molar-refractivity contribution is -0.142. The first-order valence-corrected chi connectivity index (χ1v) is 15.9. The summed E-state index contributed by atoms with van der Waals surface area (Å²) < 4.78 is 4.71. The second-order valence-corrected chi connectivity index (χ2v) is 13.5. The molecular weight excluding hydrogens is 552 g/mol. The standard InChI is InChI=1S/C32H40N4O5S/c1-21-18-25-26(29(38)34-23-10-6-3-7-11-23)27-31(40)36(24(20-37)19-22-8-4-2-5-9-22)28(32(21,27)42-25)30(39)33-12-13-35-14-16-41-17-15-35/h2-11,21,24-28,37H,12-20H2,1H3,(H,33,39)(H,34,38)/t21?,24-,25+,26-,27+,28?,32?/m1/s1. The molecule has 4 heterocycles. The molecule has 2 aromatic rings. The van der Waals surface area contributed by atoms with Crippen LogP contribution in [-0.2, 0) is 25.5 Å². The minimum Gasteiger partial charge on any atom is -0.394 e. The van der Waals surface area contributed by atoms with E-state index in [9.17, 15) is 19.5 Å². The molecule has 4 aliphatic rings. The van der Waals surface area contributed by atoms with Gasteiger partial charge in [-0.3, -0.25) is 19.3 Å². The lowest BCUT2D eigenvalue weighted by atomic mass is 9.66. The van der Waals surface area contributed by atoms with Crippen molar-refractivity contribution < 1.29 is 24.2 Å². The smallest absolute Gasteiger partial charge is 0.244 e. The highest BCUT2D eigenvalue weighted by atomic mass is 32.2. The number of amides is 3. The zero-order valence-electron chi connectivity index (χ0n) is 24.0. The van der Waals surface area contributed by atoms with E-state index in [0.29, 0.717) is 38.4 Å². The van der Waals surface area contributed by atoms with Crippen LogP contribution in [0.2, 0.25) is 0 Å². The minimum atomic E-state index is -0.778. The number of aliphatic hydroxyl groups is 1. The third-order valence-corrected chi connectivity index (χ3v) is 11.6. The highest BCUT2D eigenvalue weighted by Crippen LogP contribution is 2.68. The van der Waals surface area contributed by atoms with E-state index in [0.717, 1.165) is 25.1 Å². The molecule has 4 aliphatic heterocycles. The fourth-order valence-corrected chi connectivity index (χ4v) is 10.0. The molecule has 0 aliphatic carbocycles. The van der Waals surface area contributed by atoms with Gasteiger partial charge in [0.15, 0.2) is 0 Å². The topological polar surface area (TPSA) is 111 Å². The van der Waals surface area contributed by atoms with E-state index in [4.69, 9.17) is 4.74 Å². The summed E-state index contributed by atoms with van der Waals surface area (Å²) in [7, 11) is 0. The van der Waals surface area contributed by atoms with Crippen molar-refractivity contribution in [2.24, 2.45) is 17.8 Å². The van der Waals surface area contributed by atoms with Gasteiger partial charge in [-0.2, -0.15) is 0 Å². The molecular formula is C32H40N4O5S. The van der Waals surface area contributed by atoms with E-state index in [1.807, 2.05) is 60.7 Å². The van der Waals surface area contributed by atoms with Crippen LogP contribution in [0.1, 0.15) is 18.9 Å². The van der Waals surface area contributed by atoms with Crippen LogP contribution in [0.5, 0.6) is 0 Å². The molecule has 2 bridgehead atoms. The first-order valence-electron chi connectivity index (χ1n) is 15.0. The number of thioether (sulfide) groups is 1. The molecule has 0 radical (unpaired) electrons. The number of para-hydroxylation sites is 1. The van der Waals surface area contributed by atoms with Crippen LogP contribution >= 0.6 is 11.8 Å². The van der Waals surface area contributed by atoms with Gasteiger partial charge in [0, 0.05) is 37.1 Å². The van der Waals surface area contributed by atoms with Gasteiger partial charge in [-0.05, 0) is 36.5 Å². The third kappa shape index (κ3) is 5.23. The summed E-state index contributed by atoms with van der Waals surface area (Å²) in [5, 5.41) is 16.8. The van der Waals surface area contributed by atoms with E-state index in [2.05, 4.69) is 22.5 Å². The Labute approximate surface area is 251 Å². The Bertz CT molecular complexity index is 1280. The zero-order valence-corrected chi connectivity index (χ0v) is 24.8. The van der Waals surface area contributed by atoms with Gasteiger partial charge in [-0.15, -0.1) is 11.8 Å². The summed E-state index contributed by atoms with van der Waals surface area (Å²) in [5.41, 5.74) is 1.67. The average Bonchev–Trinajstić information content (AvgIpc) is 3.61. The second kappa shape index (κ2) is 12.4. The fraction of sp³-hybridized carbons (Fsp3) is 0.531. The second-order valence-electron chi connectivity index (χ2n) is 11.9. The Balaban J connectivity index is 1.31. The van der Waals surface area contributed by atoms with Crippen molar-refractivity contribution in [3.05, 3.63) is 66.2 Å². The first kappa shape index (κ1) is 29.2. The predicted molar refractivity (Wildman–Crippen MR) is 162 cm³/mol. The number of benzene rings is 2. The Hall–Kier alpha value is -2.92. The molecule has 3 amide bonds.